The molecule has 2 saturated heterocycles. The number of sulfonamides is 1. The zero-order valence-corrected chi connectivity index (χ0v) is 11.0. The fraction of sp³-hybridized carbons (Fsp3) is 1.00. The topological polar surface area (TPSA) is 49.4 Å². The van der Waals surface area contributed by atoms with Crippen LogP contribution in [0.4, 0.5) is 0 Å². The largest absolute Gasteiger partial charge is 0.314 e. The van der Waals surface area contributed by atoms with Gasteiger partial charge < -0.3 is 5.32 Å². The van der Waals surface area contributed by atoms with Crippen molar-refractivity contribution in [3.63, 3.8) is 0 Å². The normalized spacial score (nSPS) is 40.0. The molecule has 16 heavy (non-hydrogen) atoms. The number of nitrogens with one attached hydrogen (secondary N) is 1. The van der Waals surface area contributed by atoms with E-state index in [4.69, 9.17) is 0 Å². The maximum Gasteiger partial charge on any atom is 0.214 e. The van der Waals surface area contributed by atoms with Crippen molar-refractivity contribution in [3.05, 3.63) is 0 Å². The summed E-state index contributed by atoms with van der Waals surface area (Å²) in [6.07, 6.45) is 2.31. The fourth-order valence-corrected chi connectivity index (χ4v) is 4.62. The van der Waals surface area contributed by atoms with Crippen LogP contribution in [0.1, 0.15) is 26.7 Å². The quantitative estimate of drug-likeness (QED) is 0.778. The van der Waals surface area contributed by atoms with E-state index in [-0.39, 0.29) is 0 Å². The summed E-state index contributed by atoms with van der Waals surface area (Å²) in [5.41, 5.74) is 0. The van der Waals surface area contributed by atoms with Gasteiger partial charge in [-0.3, -0.25) is 0 Å². The second kappa shape index (κ2) is 4.63. The first-order valence-electron chi connectivity index (χ1n) is 6.18. The van der Waals surface area contributed by atoms with Gasteiger partial charge in [0, 0.05) is 19.1 Å². The van der Waals surface area contributed by atoms with Crippen molar-refractivity contribution in [1.82, 2.24) is 9.62 Å². The molecule has 4 nitrogen and oxygen atoms in total. The summed E-state index contributed by atoms with van der Waals surface area (Å²) < 4.78 is 25.3. The molecule has 0 aromatic rings. The number of hydrogen-bond donors (Lipinski definition) is 1. The Morgan fingerprint density at radius 1 is 1.31 bits per heavy atom. The van der Waals surface area contributed by atoms with Gasteiger partial charge in [-0.2, -0.15) is 0 Å². The average Bonchev–Trinajstić information content (AvgIpc) is 2.43. The zero-order valence-electron chi connectivity index (χ0n) is 10.1. The molecule has 3 unspecified atom stereocenters. The zero-order chi connectivity index (χ0) is 11.8. The van der Waals surface area contributed by atoms with E-state index in [1.54, 1.807) is 4.31 Å². The van der Waals surface area contributed by atoms with Gasteiger partial charge in [0.1, 0.15) is 0 Å². The van der Waals surface area contributed by atoms with Crippen LogP contribution in [0.3, 0.4) is 0 Å². The Labute approximate surface area is 98.4 Å². The van der Waals surface area contributed by atoms with Gasteiger partial charge in [-0.05, 0) is 38.1 Å². The molecule has 1 N–H and O–H groups in total. The van der Waals surface area contributed by atoms with Gasteiger partial charge in [0.05, 0.1) is 5.75 Å². The lowest BCUT2D eigenvalue weighted by Crippen LogP contribution is -2.42. The Bertz CT molecular complexity index is 334. The van der Waals surface area contributed by atoms with Crippen molar-refractivity contribution in [1.29, 1.82) is 0 Å². The lowest BCUT2D eigenvalue weighted by molar-refractivity contribution is 0.267. The van der Waals surface area contributed by atoms with Gasteiger partial charge in [-0.25, -0.2) is 12.7 Å². The minimum Gasteiger partial charge on any atom is -0.314 e. The average molecular weight is 246 g/mol. The third-order valence-corrected chi connectivity index (χ3v) is 5.70. The van der Waals surface area contributed by atoms with E-state index < -0.39 is 10.0 Å². The fourth-order valence-electron chi connectivity index (χ4n) is 2.67. The lowest BCUT2D eigenvalue weighted by atomic mass is 9.95. The molecule has 2 fully saturated rings. The molecule has 2 aliphatic rings. The van der Waals surface area contributed by atoms with E-state index in [0.29, 0.717) is 36.7 Å². The number of rotatable bonds is 2. The minimum absolute atomic E-state index is 0.292. The third kappa shape index (κ3) is 2.76. The Morgan fingerprint density at radius 2 is 2.06 bits per heavy atom. The van der Waals surface area contributed by atoms with Gasteiger partial charge >= 0.3 is 0 Å². The summed E-state index contributed by atoms with van der Waals surface area (Å²) >= 11 is 0. The molecule has 0 amide bonds. The van der Waals surface area contributed by atoms with Gasteiger partial charge in [0.25, 0.3) is 0 Å². The van der Waals surface area contributed by atoms with E-state index in [1.807, 2.05) is 6.92 Å². The summed E-state index contributed by atoms with van der Waals surface area (Å²) in [4.78, 5) is 0. The van der Waals surface area contributed by atoms with Crippen LogP contribution in [-0.2, 0) is 10.0 Å². The van der Waals surface area contributed by atoms with Gasteiger partial charge in [-0.15, -0.1) is 0 Å². The Morgan fingerprint density at radius 3 is 2.56 bits per heavy atom. The summed E-state index contributed by atoms with van der Waals surface area (Å²) in [7, 11) is -2.94. The van der Waals surface area contributed by atoms with Crippen LogP contribution in [0.2, 0.25) is 0 Å². The van der Waals surface area contributed by atoms with Crippen molar-refractivity contribution in [2.24, 2.45) is 11.8 Å². The number of hydrogen-bond acceptors (Lipinski definition) is 3. The lowest BCUT2D eigenvalue weighted by Gasteiger charge is -2.30. The first-order valence-corrected chi connectivity index (χ1v) is 7.79. The smallest absolute Gasteiger partial charge is 0.214 e. The molecule has 0 saturated carbocycles. The van der Waals surface area contributed by atoms with Crippen LogP contribution in [-0.4, -0.2) is 44.2 Å². The van der Waals surface area contributed by atoms with Crippen molar-refractivity contribution in [2.75, 3.05) is 25.4 Å². The molecule has 2 aliphatic heterocycles. The summed E-state index contributed by atoms with van der Waals surface area (Å²) in [6, 6.07) is 0.588. The third-order valence-electron chi connectivity index (χ3n) is 3.63. The molecule has 0 aromatic carbocycles. The van der Waals surface area contributed by atoms with Crippen molar-refractivity contribution >= 4 is 10.0 Å². The van der Waals surface area contributed by atoms with E-state index >= 15 is 0 Å². The molecule has 0 bridgehead atoms. The van der Waals surface area contributed by atoms with E-state index in [1.165, 1.54) is 0 Å². The SMILES string of the molecule is CC1CN(CC2CCC(C)NC2)S(=O)(=O)C1. The molecule has 2 heterocycles. The molecular formula is C11H22N2O2S. The maximum absolute atomic E-state index is 11.8. The highest BCUT2D eigenvalue weighted by molar-refractivity contribution is 7.89. The molecule has 0 aliphatic carbocycles. The molecule has 3 atom stereocenters. The van der Waals surface area contributed by atoms with Crippen LogP contribution >= 0.6 is 0 Å². The van der Waals surface area contributed by atoms with E-state index in [0.717, 1.165) is 19.4 Å². The maximum atomic E-state index is 11.8. The van der Waals surface area contributed by atoms with Gasteiger partial charge in [0.15, 0.2) is 0 Å². The molecule has 0 aromatic heterocycles. The highest BCUT2D eigenvalue weighted by atomic mass is 32.2. The predicted octanol–water partition coefficient (Wildman–Crippen LogP) is 0.656. The number of nitrogens with zero attached hydrogens (tertiary/aromatic N) is 1. The Hall–Kier alpha value is -0.130. The molecular weight excluding hydrogens is 224 g/mol. The highest BCUT2D eigenvalue weighted by Gasteiger charge is 2.35. The monoisotopic (exact) mass is 246 g/mol. The van der Waals surface area contributed by atoms with Crippen LogP contribution in [0.5, 0.6) is 0 Å². The second-order valence-corrected chi connectivity index (χ2v) is 7.47. The minimum atomic E-state index is -2.94. The van der Waals surface area contributed by atoms with Gasteiger partial charge in [0.2, 0.25) is 10.0 Å². The second-order valence-electron chi connectivity index (χ2n) is 5.45. The van der Waals surface area contributed by atoms with Gasteiger partial charge in [-0.1, -0.05) is 6.92 Å². The summed E-state index contributed by atoms with van der Waals surface area (Å²) in [6.45, 7) is 6.59. The van der Waals surface area contributed by atoms with Crippen molar-refractivity contribution in [3.8, 4) is 0 Å². The summed E-state index contributed by atoms with van der Waals surface area (Å²) in [5, 5.41) is 3.42. The molecule has 94 valence electrons. The molecule has 2 rings (SSSR count). The first-order chi connectivity index (χ1) is 7.47. The van der Waals surface area contributed by atoms with Crippen molar-refractivity contribution < 1.29 is 8.42 Å². The van der Waals surface area contributed by atoms with Crippen LogP contribution < -0.4 is 5.32 Å². The standard InChI is InChI=1S/C11H22N2O2S/c1-9-6-13(16(14,15)8-9)7-11-4-3-10(2)12-5-11/h9-12H,3-8H2,1-2H3. The molecule has 0 spiro atoms. The van der Waals surface area contributed by atoms with Crippen LogP contribution in [0, 0.1) is 11.8 Å². The molecule has 5 heteroatoms. The Kier molecular flexibility index (Phi) is 3.56. The van der Waals surface area contributed by atoms with E-state index in [9.17, 15) is 8.42 Å². The number of piperidine rings is 1. The first kappa shape index (κ1) is 12.3. The Balaban J connectivity index is 1.90. The van der Waals surface area contributed by atoms with Crippen molar-refractivity contribution in [2.45, 2.75) is 32.7 Å². The van der Waals surface area contributed by atoms with Crippen LogP contribution in [0.15, 0.2) is 0 Å². The highest BCUT2D eigenvalue weighted by Crippen LogP contribution is 2.23. The summed E-state index contributed by atoms with van der Waals surface area (Å²) in [5.74, 6) is 1.13. The molecule has 0 radical (unpaired) electrons. The van der Waals surface area contributed by atoms with E-state index in [2.05, 4.69) is 12.2 Å². The van der Waals surface area contributed by atoms with Crippen LogP contribution in [0.25, 0.3) is 0 Å². The predicted molar refractivity (Wildman–Crippen MR) is 64.7 cm³/mol.